The molecule has 3 nitrogen and oxygen atoms in total. The number of halogens is 2. The zero-order valence-corrected chi connectivity index (χ0v) is 5.50. The molecule has 0 spiro atoms. The van der Waals surface area contributed by atoms with Crippen molar-refractivity contribution in [3.05, 3.63) is 18.3 Å². The molecule has 0 saturated carbocycles. The topological polar surface area (TPSA) is 48.1 Å². The number of alkyl halides is 2. The van der Waals surface area contributed by atoms with Gasteiger partial charge in [0.05, 0.1) is 5.69 Å². The van der Waals surface area contributed by atoms with Crippen LogP contribution in [0.1, 0.15) is 0 Å². The fourth-order valence-corrected chi connectivity index (χ4v) is 0.586. The summed E-state index contributed by atoms with van der Waals surface area (Å²) in [5, 5.41) is 0. The molecule has 0 atom stereocenters. The summed E-state index contributed by atoms with van der Waals surface area (Å²) in [7, 11) is 0. The summed E-state index contributed by atoms with van der Waals surface area (Å²) in [5.41, 5.74) is 5.35. The van der Waals surface area contributed by atoms with Crippen molar-refractivity contribution in [2.75, 3.05) is 5.73 Å². The molecule has 1 aromatic rings. The molecule has 1 heterocycles. The van der Waals surface area contributed by atoms with E-state index in [4.69, 9.17) is 5.73 Å². The first-order chi connectivity index (χ1) is 5.20. The summed E-state index contributed by atoms with van der Waals surface area (Å²) < 4.78 is 27.1. The minimum atomic E-state index is -2.88. The molecule has 0 aliphatic rings. The number of hydrogen-bond donors (Lipinski definition) is 1. The van der Waals surface area contributed by atoms with Gasteiger partial charge in [0.25, 0.3) is 0 Å². The fraction of sp³-hybridized carbons (Fsp3) is 0.167. The fourth-order valence-electron chi connectivity index (χ4n) is 0.586. The first-order valence-electron chi connectivity index (χ1n) is 2.85. The van der Waals surface area contributed by atoms with E-state index in [1.54, 1.807) is 0 Å². The van der Waals surface area contributed by atoms with Crippen LogP contribution in [0.3, 0.4) is 0 Å². The molecule has 11 heavy (non-hydrogen) atoms. The van der Waals surface area contributed by atoms with Gasteiger partial charge in [-0.15, -0.1) is 0 Å². The van der Waals surface area contributed by atoms with Crippen LogP contribution in [0, 0.1) is 0 Å². The predicted octanol–water partition coefficient (Wildman–Crippen LogP) is 1.27. The Labute approximate surface area is 61.8 Å². The largest absolute Gasteiger partial charge is 0.415 e. The molecule has 5 heteroatoms. The van der Waals surface area contributed by atoms with Gasteiger partial charge in [-0.2, -0.15) is 8.78 Å². The average molecular weight is 160 g/mol. The maximum Gasteiger partial charge on any atom is 0.388 e. The smallest absolute Gasteiger partial charge is 0.388 e. The summed E-state index contributed by atoms with van der Waals surface area (Å²) in [5.74, 6) is -0.234. The quantitative estimate of drug-likeness (QED) is 0.708. The van der Waals surface area contributed by atoms with Crippen LogP contribution < -0.4 is 10.5 Å². The van der Waals surface area contributed by atoms with Crippen LogP contribution in [0.15, 0.2) is 18.3 Å². The first kappa shape index (κ1) is 7.71. The van der Waals surface area contributed by atoms with Crippen molar-refractivity contribution >= 4 is 5.69 Å². The van der Waals surface area contributed by atoms with Gasteiger partial charge >= 0.3 is 6.61 Å². The molecule has 0 amide bonds. The van der Waals surface area contributed by atoms with Crippen molar-refractivity contribution in [1.29, 1.82) is 0 Å². The van der Waals surface area contributed by atoms with Crippen molar-refractivity contribution in [2.45, 2.75) is 6.61 Å². The van der Waals surface area contributed by atoms with E-state index >= 15 is 0 Å². The second kappa shape index (κ2) is 3.14. The molecular weight excluding hydrogens is 154 g/mol. The number of aromatic nitrogens is 1. The second-order valence-corrected chi connectivity index (χ2v) is 1.78. The lowest BCUT2D eigenvalue weighted by Gasteiger charge is -2.04. The summed E-state index contributed by atoms with van der Waals surface area (Å²) in [6, 6.07) is 2.97. The summed E-state index contributed by atoms with van der Waals surface area (Å²) in [6.07, 6.45) is 1.33. The monoisotopic (exact) mass is 160 g/mol. The third-order valence-electron chi connectivity index (χ3n) is 1.00. The Balaban J connectivity index is 2.78. The highest BCUT2D eigenvalue weighted by atomic mass is 19.3. The lowest BCUT2D eigenvalue weighted by Crippen LogP contribution is -2.05. The summed E-state index contributed by atoms with van der Waals surface area (Å²) in [6.45, 7) is -2.88. The van der Waals surface area contributed by atoms with E-state index in [2.05, 4.69) is 9.72 Å². The van der Waals surface area contributed by atoms with E-state index < -0.39 is 6.61 Å². The van der Waals surface area contributed by atoms with E-state index in [0.29, 0.717) is 0 Å². The van der Waals surface area contributed by atoms with Gasteiger partial charge in [0, 0.05) is 6.20 Å². The molecule has 2 N–H and O–H groups in total. The lowest BCUT2D eigenvalue weighted by molar-refractivity contribution is -0.0522. The van der Waals surface area contributed by atoms with Gasteiger partial charge in [0.15, 0.2) is 0 Å². The molecule has 0 bridgehead atoms. The predicted molar refractivity (Wildman–Crippen MR) is 35.3 cm³/mol. The van der Waals surface area contributed by atoms with Crippen molar-refractivity contribution in [3.63, 3.8) is 0 Å². The number of rotatable bonds is 2. The zero-order valence-electron chi connectivity index (χ0n) is 5.50. The molecule has 60 valence electrons. The van der Waals surface area contributed by atoms with Gasteiger partial charge in [-0.05, 0) is 12.1 Å². The number of ether oxygens (including phenoxy) is 1. The molecule has 0 aliphatic carbocycles. The Hall–Kier alpha value is -1.39. The van der Waals surface area contributed by atoms with Crippen molar-refractivity contribution in [1.82, 2.24) is 4.98 Å². The maximum atomic E-state index is 11.6. The summed E-state index contributed by atoms with van der Waals surface area (Å²) in [4.78, 5) is 3.49. The molecule has 1 aromatic heterocycles. The van der Waals surface area contributed by atoms with Gasteiger partial charge in [-0.3, -0.25) is 0 Å². The van der Waals surface area contributed by atoms with Gasteiger partial charge in [0.2, 0.25) is 5.88 Å². The highest BCUT2D eigenvalue weighted by Crippen LogP contribution is 2.17. The molecule has 1 rings (SSSR count). The Morgan fingerprint density at radius 3 is 2.82 bits per heavy atom. The minimum absolute atomic E-state index is 0.104. The zero-order chi connectivity index (χ0) is 8.27. The van der Waals surface area contributed by atoms with Crippen LogP contribution in [0.25, 0.3) is 0 Å². The van der Waals surface area contributed by atoms with Crippen LogP contribution in [-0.4, -0.2) is 11.6 Å². The number of pyridine rings is 1. The van der Waals surface area contributed by atoms with Crippen LogP contribution in [0.4, 0.5) is 14.5 Å². The maximum absolute atomic E-state index is 11.6. The first-order valence-corrected chi connectivity index (χ1v) is 2.85. The average Bonchev–Trinajstić information content (AvgIpc) is 1.93. The lowest BCUT2D eigenvalue weighted by atomic mass is 10.4. The number of anilines is 1. The normalized spacial score (nSPS) is 10.1. The van der Waals surface area contributed by atoms with Crippen LogP contribution in [0.5, 0.6) is 5.88 Å². The molecule has 0 unspecified atom stereocenters. The molecular formula is C6H6F2N2O. The number of nitrogen functional groups attached to an aromatic ring is 1. The van der Waals surface area contributed by atoms with Gasteiger partial charge in [-0.25, -0.2) is 4.98 Å². The number of nitrogens with two attached hydrogens (primary N) is 1. The van der Waals surface area contributed by atoms with E-state index in [1.807, 2.05) is 0 Å². The highest BCUT2D eigenvalue weighted by Gasteiger charge is 2.07. The van der Waals surface area contributed by atoms with Gasteiger partial charge in [0.1, 0.15) is 0 Å². The standard InChI is InChI=1S/C6H6F2N2O/c7-6(8)11-5-4(9)2-1-3-10-5/h1-3,6H,9H2. The SMILES string of the molecule is Nc1cccnc1OC(F)F. The Kier molecular flexibility index (Phi) is 2.20. The third kappa shape index (κ3) is 2.03. The molecule has 0 fully saturated rings. The Bertz CT molecular complexity index is 242. The van der Waals surface area contributed by atoms with E-state index in [0.717, 1.165) is 0 Å². The van der Waals surface area contributed by atoms with Crippen molar-refractivity contribution in [3.8, 4) is 5.88 Å². The molecule has 0 saturated heterocycles. The van der Waals surface area contributed by atoms with E-state index in [1.165, 1.54) is 18.3 Å². The van der Waals surface area contributed by atoms with Gasteiger partial charge < -0.3 is 10.5 Å². The van der Waals surface area contributed by atoms with E-state index in [9.17, 15) is 8.78 Å². The second-order valence-electron chi connectivity index (χ2n) is 1.78. The molecule has 0 aromatic carbocycles. The molecule has 0 aliphatic heterocycles. The van der Waals surface area contributed by atoms with Gasteiger partial charge in [-0.1, -0.05) is 0 Å². The van der Waals surface area contributed by atoms with Crippen LogP contribution >= 0.6 is 0 Å². The highest BCUT2D eigenvalue weighted by molar-refractivity contribution is 5.46. The number of nitrogens with zero attached hydrogens (tertiary/aromatic N) is 1. The van der Waals surface area contributed by atoms with Crippen molar-refractivity contribution < 1.29 is 13.5 Å². The van der Waals surface area contributed by atoms with Crippen LogP contribution in [0.2, 0.25) is 0 Å². The summed E-state index contributed by atoms with van der Waals surface area (Å²) >= 11 is 0. The third-order valence-corrected chi connectivity index (χ3v) is 1.00. The Morgan fingerprint density at radius 2 is 2.27 bits per heavy atom. The molecule has 0 radical (unpaired) electrons. The minimum Gasteiger partial charge on any atom is -0.415 e. The number of hydrogen-bond acceptors (Lipinski definition) is 3. The van der Waals surface area contributed by atoms with E-state index in [-0.39, 0.29) is 11.6 Å². The van der Waals surface area contributed by atoms with Crippen molar-refractivity contribution in [2.24, 2.45) is 0 Å². The Morgan fingerprint density at radius 1 is 1.55 bits per heavy atom. The van der Waals surface area contributed by atoms with Crippen LogP contribution in [-0.2, 0) is 0 Å².